The maximum Gasteiger partial charge on any atom is 0.318 e. The number of ether oxygens (including phenoxy) is 1. The van der Waals surface area contributed by atoms with Crippen molar-refractivity contribution >= 4 is 96.1 Å². The maximum atomic E-state index is 13.3. The van der Waals surface area contributed by atoms with Gasteiger partial charge in [-0.3, -0.25) is 33.9 Å². The second kappa shape index (κ2) is 29.0. The molecular weight excluding hydrogens is 1310 g/mol. The molecule has 7 aliphatic heterocycles. The molecule has 5 amide bonds. The van der Waals surface area contributed by atoms with Crippen LogP contribution in [0.2, 0.25) is 0 Å². The van der Waals surface area contributed by atoms with E-state index in [1.54, 1.807) is 51.2 Å². The van der Waals surface area contributed by atoms with E-state index in [9.17, 15) is 39.3 Å². The van der Waals surface area contributed by atoms with Crippen molar-refractivity contribution in [2.24, 2.45) is 5.41 Å². The number of likely N-dealkylation sites (N-methyl/N-ethyl adjacent to an activating group) is 1. The molecule has 16 rings (SSSR count). The third-order valence-corrected chi connectivity index (χ3v) is 20.9. The van der Waals surface area contributed by atoms with Crippen molar-refractivity contribution in [2.75, 3.05) is 129 Å². The lowest BCUT2D eigenvalue weighted by molar-refractivity contribution is -0.139. The Morgan fingerprint density at radius 3 is 1.55 bits per heavy atom. The first-order chi connectivity index (χ1) is 50.2. The Hall–Kier alpha value is -11.6. The van der Waals surface area contributed by atoms with Crippen molar-refractivity contribution in [1.29, 1.82) is 0 Å². The second-order valence-electron chi connectivity index (χ2n) is 28.3. The first-order valence-corrected chi connectivity index (χ1v) is 35.4. The van der Waals surface area contributed by atoms with Crippen molar-refractivity contribution in [3.05, 3.63) is 205 Å². The topological polar surface area (TPSA) is 239 Å². The van der Waals surface area contributed by atoms with Gasteiger partial charge in [0.2, 0.25) is 29.5 Å². The molecule has 0 unspecified atom stereocenters. The predicted octanol–water partition coefficient (Wildman–Crippen LogP) is 9.18. The molecule has 4 fully saturated rings. The van der Waals surface area contributed by atoms with E-state index >= 15 is 0 Å². The minimum absolute atomic E-state index is 0.00543. The zero-order valence-electron chi connectivity index (χ0n) is 59.2. The fourth-order valence-electron chi connectivity index (χ4n) is 15.9. The van der Waals surface area contributed by atoms with Gasteiger partial charge in [0.1, 0.15) is 29.2 Å². The summed E-state index contributed by atoms with van der Waals surface area (Å²) >= 11 is 0. The number of nitrogens with zero attached hydrogens (tertiary/aromatic N) is 14. The summed E-state index contributed by atoms with van der Waals surface area (Å²) in [6, 6.07) is 38.3. The van der Waals surface area contributed by atoms with Crippen LogP contribution in [0.1, 0.15) is 47.6 Å². The number of amides is 5. The van der Waals surface area contributed by atoms with E-state index in [2.05, 4.69) is 67.2 Å². The average molecular weight is 1400 g/mol. The van der Waals surface area contributed by atoms with Crippen LogP contribution in [-0.2, 0) is 62.9 Å². The van der Waals surface area contributed by atoms with E-state index in [1.165, 1.54) is 18.2 Å². The Balaban J connectivity index is 0.000000132. The highest BCUT2D eigenvalue weighted by Gasteiger charge is 2.53. The molecule has 23 heteroatoms. The van der Waals surface area contributed by atoms with Crippen molar-refractivity contribution in [2.45, 2.75) is 64.9 Å². The third-order valence-electron chi connectivity index (χ3n) is 20.9. The molecule has 1 spiro atoms. The second-order valence-corrected chi connectivity index (χ2v) is 28.3. The van der Waals surface area contributed by atoms with Crippen LogP contribution in [-0.4, -0.2) is 196 Å². The standard InChI is InChI=1S/C30H38N6O3.C26H24N4O3.C25H24N4O3/c1-6-28(38)35-13-14-36(20(2)17-35)29-25-11-12-34(27-16-23(37)15-22-9-7-8-10-24(22)27)19-26(25)31-30(32-29)39-21(3)18-33(4)5;1-2-24(32)29-15-26(16-29)13-28(14-26)22-7-8-27-21-12-30(25(33)11-20(21)22)23-10-18(31)9-17-5-3-4-6-19(17)23;1-2-24(31)28-11-9-27(10-12-28)22-7-8-26-21-16-29(25(32)15-20(21)22)23-14-18(30)13-17-5-3-4-6-19(17)23/h6-10,15-16,20-21,37H,1,11-14,17-19H2,2-5H3;2-10,31H,1,11-16H2;2-8,13-14,30H,1,9-12,15-16H2/t20-,21+;;/m0../s1. The molecule has 6 aromatic carbocycles. The van der Waals surface area contributed by atoms with Crippen LogP contribution in [0.5, 0.6) is 23.3 Å². The molecule has 4 saturated heterocycles. The van der Waals surface area contributed by atoms with E-state index in [4.69, 9.17) is 14.7 Å². The van der Waals surface area contributed by atoms with E-state index in [-0.39, 0.29) is 77.2 Å². The highest BCUT2D eigenvalue weighted by molar-refractivity contribution is 6.08. The number of carbonyl (C=O) groups is 5. The van der Waals surface area contributed by atoms with Gasteiger partial charge in [0.25, 0.3) is 0 Å². The number of fused-ring (bicyclic) bond motifs is 6. The van der Waals surface area contributed by atoms with E-state index in [0.717, 1.165) is 135 Å². The lowest BCUT2D eigenvalue weighted by Crippen LogP contribution is -2.73. The number of phenols is 3. The Bertz CT molecular complexity index is 4890. The Morgan fingerprint density at radius 1 is 0.548 bits per heavy atom. The number of piperazine rings is 2. The monoisotopic (exact) mass is 1400 g/mol. The smallest absolute Gasteiger partial charge is 0.318 e. The van der Waals surface area contributed by atoms with E-state index in [1.807, 2.05) is 122 Å². The number of aromatic hydroxyl groups is 3. The highest BCUT2D eigenvalue weighted by Crippen LogP contribution is 2.46. The van der Waals surface area contributed by atoms with Gasteiger partial charge in [-0.25, -0.2) is 0 Å². The number of benzene rings is 6. The zero-order chi connectivity index (χ0) is 72.7. The van der Waals surface area contributed by atoms with Gasteiger partial charge in [-0.05, 0) is 99.1 Å². The maximum absolute atomic E-state index is 13.3. The van der Waals surface area contributed by atoms with Gasteiger partial charge >= 0.3 is 6.01 Å². The van der Waals surface area contributed by atoms with Gasteiger partial charge in [0, 0.05) is 177 Å². The third kappa shape index (κ3) is 14.0. The van der Waals surface area contributed by atoms with Crippen LogP contribution in [0.4, 0.5) is 34.3 Å². The number of likely N-dealkylation sites (tertiary alicyclic amines) is 1. The molecule has 10 heterocycles. The Kier molecular flexibility index (Phi) is 19.4. The molecule has 7 aliphatic rings. The summed E-state index contributed by atoms with van der Waals surface area (Å²) in [5.41, 5.74) is 10.3. The number of phenolic OH excluding ortho intramolecular Hbond substituents is 3. The normalized spacial score (nSPS) is 17.8. The lowest BCUT2D eigenvalue weighted by atomic mass is 9.72. The molecule has 0 radical (unpaired) electrons. The number of hydrogen-bond donors (Lipinski definition) is 3. The number of aromatic nitrogens is 4. The van der Waals surface area contributed by atoms with Crippen LogP contribution in [0.3, 0.4) is 0 Å². The number of carbonyl (C=O) groups excluding carboxylic acids is 5. The molecule has 0 saturated carbocycles. The van der Waals surface area contributed by atoms with Crippen molar-refractivity contribution < 1.29 is 44.0 Å². The fraction of sp³-hybridized carbons (Fsp3) is 0.321. The SMILES string of the molecule is C=CC(=O)N1CC2(C1)CN(c1ccnc3c1CC(=O)N(c1cc(O)cc4ccccc14)C3)C2.C=CC(=O)N1CCN(c2ccnc3c2CC(=O)N(c2cc(O)cc4ccccc24)C3)CC1.C=CC(=O)N1CCN(c2nc(O[C@H](C)CN(C)C)nc3c2CCN(c2cc(O)cc4ccccc24)C3)[C@@H](C)C1. The number of hydrogen-bond acceptors (Lipinski definition) is 18. The van der Waals surface area contributed by atoms with Crippen LogP contribution >= 0.6 is 0 Å². The Labute approximate surface area is 604 Å². The highest BCUT2D eigenvalue weighted by atomic mass is 16.5. The van der Waals surface area contributed by atoms with Crippen LogP contribution in [0, 0.1) is 5.41 Å². The minimum atomic E-state index is -0.0832. The molecule has 534 valence electrons. The van der Waals surface area contributed by atoms with Crippen LogP contribution in [0.25, 0.3) is 32.3 Å². The summed E-state index contributed by atoms with van der Waals surface area (Å²) in [5.74, 6) is 1.28. The number of anilines is 6. The van der Waals surface area contributed by atoms with Gasteiger partial charge in [-0.2, -0.15) is 9.97 Å². The summed E-state index contributed by atoms with van der Waals surface area (Å²) in [5, 5.41) is 36.6. The summed E-state index contributed by atoms with van der Waals surface area (Å²) in [6.45, 7) is 25.6. The summed E-state index contributed by atoms with van der Waals surface area (Å²) in [7, 11) is 4.03. The largest absolute Gasteiger partial charge is 0.508 e. The fourth-order valence-corrected chi connectivity index (χ4v) is 15.9. The molecule has 0 aliphatic carbocycles. The van der Waals surface area contributed by atoms with Gasteiger partial charge in [0.15, 0.2) is 0 Å². The average Bonchev–Trinajstić information content (AvgIpc) is 0.713. The molecule has 0 bridgehead atoms. The molecule has 104 heavy (non-hydrogen) atoms. The summed E-state index contributed by atoms with van der Waals surface area (Å²) < 4.78 is 6.24. The molecule has 23 nitrogen and oxygen atoms in total. The predicted molar refractivity (Wildman–Crippen MR) is 405 cm³/mol. The molecule has 2 atom stereocenters. The first-order valence-electron chi connectivity index (χ1n) is 35.4. The van der Waals surface area contributed by atoms with Crippen molar-refractivity contribution in [3.63, 3.8) is 0 Å². The molecule has 3 N–H and O–H groups in total. The summed E-state index contributed by atoms with van der Waals surface area (Å²) in [6.07, 6.45) is 8.89. The van der Waals surface area contributed by atoms with Gasteiger partial charge in [-0.1, -0.05) is 92.5 Å². The van der Waals surface area contributed by atoms with E-state index in [0.29, 0.717) is 82.8 Å². The molecule has 3 aromatic heterocycles. The number of rotatable bonds is 13. The Morgan fingerprint density at radius 2 is 1.03 bits per heavy atom. The van der Waals surface area contributed by atoms with Gasteiger partial charge in [-0.15, -0.1) is 0 Å². The van der Waals surface area contributed by atoms with Crippen molar-refractivity contribution in [1.82, 2.24) is 39.5 Å². The van der Waals surface area contributed by atoms with E-state index < -0.39 is 0 Å². The van der Waals surface area contributed by atoms with Crippen molar-refractivity contribution in [3.8, 4) is 23.3 Å². The van der Waals surface area contributed by atoms with Gasteiger partial charge < -0.3 is 69.1 Å². The quantitative estimate of drug-likeness (QED) is 0.0912. The minimum Gasteiger partial charge on any atom is -0.508 e. The van der Waals surface area contributed by atoms with Gasteiger partial charge in [0.05, 0.1) is 60.9 Å². The lowest BCUT2D eigenvalue weighted by Gasteiger charge is -2.61. The molecular formula is C81H86N14O9. The first kappa shape index (κ1) is 69.5. The molecule has 9 aromatic rings. The van der Waals surface area contributed by atoms with Crippen LogP contribution in [0.15, 0.2) is 172 Å². The zero-order valence-corrected chi connectivity index (χ0v) is 59.2. The van der Waals surface area contributed by atoms with Crippen LogP contribution < -0.4 is 34.1 Å². The number of pyridine rings is 2. The summed E-state index contributed by atoms with van der Waals surface area (Å²) in [4.78, 5) is 102.